The van der Waals surface area contributed by atoms with Crippen molar-refractivity contribution in [1.29, 1.82) is 0 Å². The monoisotopic (exact) mass is 345 g/mol. The maximum absolute atomic E-state index is 11.4. The van der Waals surface area contributed by atoms with Crippen molar-refractivity contribution in [2.75, 3.05) is 44.7 Å². The molecule has 0 unspecified atom stereocenters. The molecule has 0 saturated carbocycles. The molecule has 1 saturated heterocycles. The Bertz CT molecular complexity index is 698. The first-order chi connectivity index (χ1) is 11.7. The van der Waals surface area contributed by atoms with Gasteiger partial charge in [0.2, 0.25) is 5.91 Å². The molecular formula is C17H20ClN5O. The SMILES string of the molecule is CNC(=O)CN1CCN(c2ccc(-c3ccccc3Cl)nn2)CC1. The van der Waals surface area contributed by atoms with E-state index in [-0.39, 0.29) is 5.91 Å². The van der Waals surface area contributed by atoms with Crippen molar-refractivity contribution in [1.82, 2.24) is 20.4 Å². The molecule has 1 aliphatic heterocycles. The minimum absolute atomic E-state index is 0.0485. The Morgan fingerprint density at radius 2 is 1.88 bits per heavy atom. The molecule has 24 heavy (non-hydrogen) atoms. The summed E-state index contributed by atoms with van der Waals surface area (Å²) in [4.78, 5) is 15.8. The first-order valence-electron chi connectivity index (χ1n) is 7.94. The number of aromatic nitrogens is 2. The van der Waals surface area contributed by atoms with Gasteiger partial charge in [-0.25, -0.2) is 0 Å². The van der Waals surface area contributed by atoms with Gasteiger partial charge in [-0.3, -0.25) is 9.69 Å². The number of carbonyl (C=O) groups is 1. The summed E-state index contributed by atoms with van der Waals surface area (Å²) in [6, 6.07) is 11.5. The van der Waals surface area contributed by atoms with Gasteiger partial charge in [-0.1, -0.05) is 29.8 Å². The van der Waals surface area contributed by atoms with E-state index in [1.807, 2.05) is 36.4 Å². The Hall–Kier alpha value is -2.18. The summed E-state index contributed by atoms with van der Waals surface area (Å²) in [6.07, 6.45) is 0. The van der Waals surface area contributed by atoms with E-state index in [0.29, 0.717) is 11.6 Å². The van der Waals surface area contributed by atoms with Gasteiger partial charge in [0, 0.05) is 38.8 Å². The van der Waals surface area contributed by atoms with Crippen LogP contribution in [-0.4, -0.2) is 60.8 Å². The van der Waals surface area contributed by atoms with E-state index < -0.39 is 0 Å². The predicted molar refractivity (Wildman–Crippen MR) is 95.2 cm³/mol. The number of hydrogen-bond donors (Lipinski definition) is 1. The number of anilines is 1. The van der Waals surface area contributed by atoms with Crippen molar-refractivity contribution in [2.24, 2.45) is 0 Å². The highest BCUT2D eigenvalue weighted by Gasteiger charge is 2.20. The van der Waals surface area contributed by atoms with E-state index >= 15 is 0 Å². The van der Waals surface area contributed by atoms with Crippen LogP contribution in [0.5, 0.6) is 0 Å². The normalized spacial score (nSPS) is 15.3. The van der Waals surface area contributed by atoms with Crippen LogP contribution in [0, 0.1) is 0 Å². The Kier molecular flexibility index (Phi) is 5.27. The van der Waals surface area contributed by atoms with Crippen LogP contribution in [-0.2, 0) is 4.79 Å². The Morgan fingerprint density at radius 1 is 1.12 bits per heavy atom. The second-order valence-electron chi connectivity index (χ2n) is 5.69. The first kappa shape index (κ1) is 16.7. The van der Waals surface area contributed by atoms with E-state index in [2.05, 4.69) is 25.3 Å². The molecule has 1 N–H and O–H groups in total. The molecular weight excluding hydrogens is 326 g/mol. The summed E-state index contributed by atoms with van der Waals surface area (Å²) in [6.45, 7) is 3.78. The number of benzene rings is 1. The van der Waals surface area contributed by atoms with Crippen molar-refractivity contribution in [3.8, 4) is 11.3 Å². The third-order valence-electron chi connectivity index (χ3n) is 4.14. The van der Waals surface area contributed by atoms with Crippen molar-refractivity contribution < 1.29 is 4.79 Å². The predicted octanol–water partition coefficient (Wildman–Crippen LogP) is 1.66. The summed E-state index contributed by atoms with van der Waals surface area (Å²) in [5, 5.41) is 12.0. The molecule has 0 radical (unpaired) electrons. The Labute approximate surface area is 146 Å². The number of likely N-dealkylation sites (N-methyl/N-ethyl adjacent to an activating group) is 1. The van der Waals surface area contributed by atoms with Crippen LogP contribution >= 0.6 is 11.6 Å². The average molecular weight is 346 g/mol. The average Bonchev–Trinajstić information content (AvgIpc) is 2.63. The molecule has 3 rings (SSSR count). The third-order valence-corrected chi connectivity index (χ3v) is 4.47. The lowest BCUT2D eigenvalue weighted by atomic mass is 10.1. The largest absolute Gasteiger partial charge is 0.358 e. The molecule has 1 aromatic heterocycles. The molecule has 1 fully saturated rings. The maximum Gasteiger partial charge on any atom is 0.233 e. The summed E-state index contributed by atoms with van der Waals surface area (Å²) in [5.74, 6) is 0.901. The summed E-state index contributed by atoms with van der Waals surface area (Å²) < 4.78 is 0. The van der Waals surface area contributed by atoms with Gasteiger partial charge in [0.05, 0.1) is 17.3 Å². The van der Waals surface area contributed by atoms with Gasteiger partial charge >= 0.3 is 0 Å². The van der Waals surface area contributed by atoms with Gasteiger partial charge < -0.3 is 10.2 Å². The van der Waals surface area contributed by atoms with Gasteiger partial charge in [0.25, 0.3) is 0 Å². The minimum atomic E-state index is 0.0485. The highest BCUT2D eigenvalue weighted by molar-refractivity contribution is 6.33. The van der Waals surface area contributed by atoms with Gasteiger partial charge in [0.15, 0.2) is 5.82 Å². The second kappa shape index (κ2) is 7.59. The van der Waals surface area contributed by atoms with Crippen LogP contribution in [0.25, 0.3) is 11.3 Å². The van der Waals surface area contributed by atoms with Crippen LogP contribution in [0.4, 0.5) is 5.82 Å². The summed E-state index contributed by atoms with van der Waals surface area (Å²) in [5.41, 5.74) is 1.65. The molecule has 7 heteroatoms. The lowest BCUT2D eigenvalue weighted by Gasteiger charge is -2.34. The molecule has 1 amide bonds. The van der Waals surface area contributed by atoms with E-state index in [1.165, 1.54) is 0 Å². The first-order valence-corrected chi connectivity index (χ1v) is 8.31. The molecule has 2 aromatic rings. The van der Waals surface area contributed by atoms with Crippen LogP contribution in [0.2, 0.25) is 5.02 Å². The number of hydrogen-bond acceptors (Lipinski definition) is 5. The second-order valence-corrected chi connectivity index (χ2v) is 6.10. The van der Waals surface area contributed by atoms with Crippen molar-refractivity contribution in [3.05, 3.63) is 41.4 Å². The van der Waals surface area contributed by atoms with Crippen molar-refractivity contribution in [3.63, 3.8) is 0 Å². The summed E-state index contributed by atoms with van der Waals surface area (Å²) >= 11 is 6.20. The maximum atomic E-state index is 11.4. The zero-order chi connectivity index (χ0) is 16.9. The fraction of sp³-hybridized carbons (Fsp3) is 0.353. The number of piperazine rings is 1. The molecule has 0 atom stereocenters. The zero-order valence-corrected chi connectivity index (χ0v) is 14.3. The topological polar surface area (TPSA) is 61.4 Å². The summed E-state index contributed by atoms with van der Waals surface area (Å²) in [7, 11) is 1.66. The molecule has 1 aliphatic rings. The Morgan fingerprint density at radius 3 is 2.50 bits per heavy atom. The Balaban J connectivity index is 1.63. The zero-order valence-electron chi connectivity index (χ0n) is 13.6. The van der Waals surface area contributed by atoms with E-state index in [0.717, 1.165) is 43.3 Å². The lowest BCUT2D eigenvalue weighted by Crippen LogP contribution is -2.49. The molecule has 1 aromatic carbocycles. The van der Waals surface area contributed by atoms with Gasteiger partial charge in [0.1, 0.15) is 0 Å². The van der Waals surface area contributed by atoms with E-state index in [9.17, 15) is 4.79 Å². The highest BCUT2D eigenvalue weighted by atomic mass is 35.5. The number of nitrogens with one attached hydrogen (secondary N) is 1. The molecule has 0 spiro atoms. The number of halogens is 1. The fourth-order valence-electron chi connectivity index (χ4n) is 2.72. The van der Waals surface area contributed by atoms with Crippen LogP contribution in [0.3, 0.4) is 0 Å². The highest BCUT2D eigenvalue weighted by Crippen LogP contribution is 2.26. The van der Waals surface area contributed by atoms with Crippen LogP contribution in [0.1, 0.15) is 0 Å². The quantitative estimate of drug-likeness (QED) is 0.913. The van der Waals surface area contributed by atoms with Crippen LogP contribution < -0.4 is 10.2 Å². The number of amides is 1. The number of carbonyl (C=O) groups excluding carboxylic acids is 1. The number of rotatable bonds is 4. The molecule has 6 nitrogen and oxygen atoms in total. The number of nitrogens with zero attached hydrogens (tertiary/aromatic N) is 4. The standard InChI is InChI=1S/C17H20ClN5O/c1-19-17(24)12-22-8-10-23(11-9-22)16-7-6-15(20-21-16)13-4-2-3-5-14(13)18/h2-7H,8-12H2,1H3,(H,19,24). The van der Waals surface area contributed by atoms with E-state index in [4.69, 9.17) is 11.6 Å². The molecule has 0 aliphatic carbocycles. The third kappa shape index (κ3) is 3.83. The minimum Gasteiger partial charge on any atom is -0.358 e. The van der Waals surface area contributed by atoms with Gasteiger partial charge in [-0.05, 0) is 18.2 Å². The van der Waals surface area contributed by atoms with Crippen molar-refractivity contribution in [2.45, 2.75) is 0 Å². The molecule has 0 bridgehead atoms. The lowest BCUT2D eigenvalue weighted by molar-refractivity contribution is -0.121. The smallest absolute Gasteiger partial charge is 0.233 e. The fourth-order valence-corrected chi connectivity index (χ4v) is 2.96. The van der Waals surface area contributed by atoms with Gasteiger partial charge in [-0.15, -0.1) is 10.2 Å². The van der Waals surface area contributed by atoms with Gasteiger partial charge in [-0.2, -0.15) is 0 Å². The van der Waals surface area contributed by atoms with E-state index in [1.54, 1.807) is 7.05 Å². The van der Waals surface area contributed by atoms with Crippen molar-refractivity contribution >= 4 is 23.3 Å². The molecule has 2 heterocycles. The van der Waals surface area contributed by atoms with Crippen LogP contribution in [0.15, 0.2) is 36.4 Å². The molecule has 126 valence electrons.